The van der Waals surface area contributed by atoms with Crippen molar-refractivity contribution >= 4 is 46.4 Å². The maximum atomic E-state index is 12.2. The third-order valence-electron chi connectivity index (χ3n) is 2.56. The zero-order valence-electron chi connectivity index (χ0n) is 9.95. The molecular formula is C14H7Cl3N2O. The number of hydrogen-bond donors (Lipinski definition) is 1. The highest BCUT2D eigenvalue weighted by Crippen LogP contribution is 2.27. The first-order valence-electron chi connectivity index (χ1n) is 5.48. The molecule has 2 rings (SSSR count). The van der Waals surface area contributed by atoms with Crippen LogP contribution in [-0.2, 0) is 0 Å². The minimum absolute atomic E-state index is 0.152. The maximum absolute atomic E-state index is 12.2. The molecule has 0 aliphatic carbocycles. The lowest BCUT2D eigenvalue weighted by atomic mass is 10.1. The van der Waals surface area contributed by atoms with Crippen molar-refractivity contribution in [3.63, 3.8) is 0 Å². The Labute approximate surface area is 130 Å². The molecule has 0 aliphatic heterocycles. The molecule has 2 aromatic carbocycles. The molecule has 20 heavy (non-hydrogen) atoms. The Kier molecular flexibility index (Phi) is 4.51. The second-order valence-electron chi connectivity index (χ2n) is 3.82. The van der Waals surface area contributed by atoms with Crippen LogP contribution in [0.4, 0.5) is 5.69 Å². The Hall–Kier alpha value is -1.73. The monoisotopic (exact) mass is 324 g/mol. The van der Waals surface area contributed by atoms with Crippen LogP contribution >= 0.6 is 34.8 Å². The second-order valence-corrected chi connectivity index (χ2v) is 5.05. The van der Waals surface area contributed by atoms with Gasteiger partial charge in [0.1, 0.15) is 6.07 Å². The van der Waals surface area contributed by atoms with Crippen LogP contribution in [0.3, 0.4) is 0 Å². The standard InChI is InChI=1S/C14H7Cl3N2O/c15-9-3-2-6-12(8(9)7-18)19-14(20)13-10(16)4-1-5-11(13)17/h1-6H,(H,19,20). The van der Waals surface area contributed by atoms with Gasteiger partial charge in [-0.1, -0.05) is 46.9 Å². The number of anilines is 1. The Morgan fingerprint density at radius 2 is 1.55 bits per heavy atom. The first kappa shape index (κ1) is 14.7. The lowest BCUT2D eigenvalue weighted by Crippen LogP contribution is -2.14. The summed E-state index contributed by atoms with van der Waals surface area (Å²) in [6.45, 7) is 0. The van der Waals surface area contributed by atoms with Gasteiger partial charge < -0.3 is 5.32 Å². The number of nitriles is 1. The molecule has 0 atom stereocenters. The van der Waals surface area contributed by atoms with Crippen molar-refractivity contribution in [2.24, 2.45) is 0 Å². The third kappa shape index (κ3) is 2.88. The fourth-order valence-electron chi connectivity index (χ4n) is 1.64. The average molecular weight is 326 g/mol. The van der Waals surface area contributed by atoms with Crippen molar-refractivity contribution in [1.82, 2.24) is 0 Å². The van der Waals surface area contributed by atoms with Gasteiger partial charge in [0.05, 0.1) is 31.9 Å². The van der Waals surface area contributed by atoms with Gasteiger partial charge in [0, 0.05) is 0 Å². The molecule has 100 valence electrons. The minimum Gasteiger partial charge on any atom is -0.321 e. The van der Waals surface area contributed by atoms with E-state index in [4.69, 9.17) is 40.1 Å². The van der Waals surface area contributed by atoms with Crippen molar-refractivity contribution in [3.05, 3.63) is 62.6 Å². The minimum atomic E-state index is -0.501. The van der Waals surface area contributed by atoms with Gasteiger partial charge in [-0.05, 0) is 24.3 Å². The number of amides is 1. The van der Waals surface area contributed by atoms with E-state index in [1.807, 2.05) is 6.07 Å². The Bertz CT molecular complexity index is 703. The van der Waals surface area contributed by atoms with Gasteiger partial charge in [-0.15, -0.1) is 0 Å². The van der Waals surface area contributed by atoms with Crippen LogP contribution in [0.2, 0.25) is 15.1 Å². The normalized spacial score (nSPS) is 9.90. The Morgan fingerprint density at radius 1 is 1.00 bits per heavy atom. The number of benzene rings is 2. The van der Waals surface area contributed by atoms with Crippen LogP contribution in [0.1, 0.15) is 15.9 Å². The van der Waals surface area contributed by atoms with E-state index in [2.05, 4.69) is 5.32 Å². The summed E-state index contributed by atoms with van der Waals surface area (Å²) in [7, 11) is 0. The van der Waals surface area contributed by atoms with Crippen LogP contribution in [-0.4, -0.2) is 5.91 Å². The molecule has 2 aromatic rings. The average Bonchev–Trinajstić information content (AvgIpc) is 2.38. The van der Waals surface area contributed by atoms with Crippen molar-refractivity contribution < 1.29 is 4.79 Å². The fraction of sp³-hybridized carbons (Fsp3) is 0. The van der Waals surface area contributed by atoms with E-state index < -0.39 is 5.91 Å². The van der Waals surface area contributed by atoms with E-state index in [0.717, 1.165) is 0 Å². The number of carbonyl (C=O) groups excluding carboxylic acids is 1. The van der Waals surface area contributed by atoms with Gasteiger partial charge in [-0.3, -0.25) is 4.79 Å². The quantitative estimate of drug-likeness (QED) is 0.864. The highest BCUT2D eigenvalue weighted by molar-refractivity contribution is 6.40. The molecular weight excluding hydrogens is 319 g/mol. The van der Waals surface area contributed by atoms with Crippen LogP contribution in [0.25, 0.3) is 0 Å². The topological polar surface area (TPSA) is 52.9 Å². The first-order chi connectivity index (χ1) is 9.54. The van der Waals surface area contributed by atoms with Crippen molar-refractivity contribution in [2.45, 2.75) is 0 Å². The summed E-state index contributed by atoms with van der Waals surface area (Å²) < 4.78 is 0. The summed E-state index contributed by atoms with van der Waals surface area (Å²) >= 11 is 17.8. The third-order valence-corrected chi connectivity index (χ3v) is 3.51. The predicted octanol–water partition coefficient (Wildman–Crippen LogP) is 4.77. The number of nitrogens with zero attached hydrogens (tertiary/aromatic N) is 1. The van der Waals surface area contributed by atoms with Crippen molar-refractivity contribution in [1.29, 1.82) is 5.26 Å². The molecule has 1 N–H and O–H groups in total. The molecule has 0 bridgehead atoms. The Morgan fingerprint density at radius 3 is 2.15 bits per heavy atom. The van der Waals surface area contributed by atoms with Crippen LogP contribution in [0.5, 0.6) is 0 Å². The smallest absolute Gasteiger partial charge is 0.258 e. The summed E-state index contributed by atoms with van der Waals surface area (Å²) in [4.78, 5) is 12.2. The molecule has 0 aromatic heterocycles. The largest absolute Gasteiger partial charge is 0.321 e. The lowest BCUT2D eigenvalue weighted by Gasteiger charge is -2.10. The molecule has 0 heterocycles. The number of rotatable bonds is 2. The summed E-state index contributed by atoms with van der Waals surface area (Å²) in [6.07, 6.45) is 0. The molecule has 0 saturated heterocycles. The summed E-state index contributed by atoms with van der Waals surface area (Å²) in [5, 5.41) is 12.4. The first-order valence-corrected chi connectivity index (χ1v) is 6.62. The molecule has 6 heteroatoms. The van der Waals surface area contributed by atoms with E-state index >= 15 is 0 Å². The van der Waals surface area contributed by atoms with Crippen LogP contribution in [0.15, 0.2) is 36.4 Å². The van der Waals surface area contributed by atoms with Crippen molar-refractivity contribution in [3.8, 4) is 6.07 Å². The van der Waals surface area contributed by atoms with Crippen LogP contribution < -0.4 is 5.32 Å². The van der Waals surface area contributed by atoms with E-state index in [-0.39, 0.29) is 26.2 Å². The van der Waals surface area contributed by atoms with E-state index in [9.17, 15) is 4.79 Å². The maximum Gasteiger partial charge on any atom is 0.258 e. The molecule has 0 fully saturated rings. The number of nitrogens with one attached hydrogen (secondary N) is 1. The molecule has 0 unspecified atom stereocenters. The number of carbonyl (C=O) groups is 1. The van der Waals surface area contributed by atoms with E-state index in [1.54, 1.807) is 36.4 Å². The lowest BCUT2D eigenvalue weighted by molar-refractivity contribution is 0.102. The summed E-state index contributed by atoms with van der Waals surface area (Å²) in [6, 6.07) is 11.5. The molecule has 0 spiro atoms. The van der Waals surface area contributed by atoms with Crippen LogP contribution in [0, 0.1) is 11.3 Å². The summed E-state index contributed by atoms with van der Waals surface area (Å²) in [5.74, 6) is -0.501. The van der Waals surface area contributed by atoms with Gasteiger partial charge in [-0.2, -0.15) is 5.26 Å². The molecule has 3 nitrogen and oxygen atoms in total. The Balaban J connectivity index is 2.39. The number of halogens is 3. The summed E-state index contributed by atoms with van der Waals surface area (Å²) in [5.41, 5.74) is 0.645. The van der Waals surface area contributed by atoms with Crippen molar-refractivity contribution in [2.75, 3.05) is 5.32 Å². The molecule has 1 amide bonds. The number of hydrogen-bond acceptors (Lipinski definition) is 2. The van der Waals surface area contributed by atoms with Gasteiger partial charge in [0.25, 0.3) is 5.91 Å². The fourth-order valence-corrected chi connectivity index (χ4v) is 2.43. The van der Waals surface area contributed by atoms with Gasteiger partial charge in [0.15, 0.2) is 0 Å². The molecule has 0 aliphatic rings. The van der Waals surface area contributed by atoms with Gasteiger partial charge in [0.2, 0.25) is 0 Å². The SMILES string of the molecule is N#Cc1c(Cl)cccc1NC(=O)c1c(Cl)cccc1Cl. The highest BCUT2D eigenvalue weighted by Gasteiger charge is 2.16. The second kappa shape index (κ2) is 6.15. The molecule has 0 radical (unpaired) electrons. The van der Waals surface area contributed by atoms with Gasteiger partial charge in [-0.25, -0.2) is 0 Å². The predicted molar refractivity (Wildman–Crippen MR) is 80.6 cm³/mol. The van der Waals surface area contributed by atoms with E-state index in [1.165, 1.54) is 0 Å². The van der Waals surface area contributed by atoms with Gasteiger partial charge >= 0.3 is 0 Å². The highest BCUT2D eigenvalue weighted by atomic mass is 35.5. The van der Waals surface area contributed by atoms with E-state index in [0.29, 0.717) is 5.69 Å². The molecule has 0 saturated carbocycles. The zero-order valence-corrected chi connectivity index (χ0v) is 12.2. The zero-order chi connectivity index (χ0) is 14.7.